The van der Waals surface area contributed by atoms with Crippen LogP contribution in [0.4, 0.5) is 0 Å². The molecule has 1 atom stereocenters. The standard InChI is InChI=1S/C7H8N4O/c1-3-2-9-5-4(10-3)6(8)11-7(5)12/h2,6H,8H2,1H3,(H,11,12). The van der Waals surface area contributed by atoms with Crippen LogP contribution in [0.3, 0.4) is 0 Å². The molecule has 1 aliphatic heterocycles. The van der Waals surface area contributed by atoms with Crippen LogP contribution in [0.25, 0.3) is 0 Å². The van der Waals surface area contributed by atoms with E-state index in [2.05, 4.69) is 15.3 Å². The van der Waals surface area contributed by atoms with Gasteiger partial charge in [-0.2, -0.15) is 0 Å². The smallest absolute Gasteiger partial charge is 0.273 e. The largest absolute Gasteiger partial charge is 0.330 e. The van der Waals surface area contributed by atoms with Gasteiger partial charge in [-0.25, -0.2) is 4.98 Å². The third-order valence-corrected chi connectivity index (χ3v) is 1.72. The maximum absolute atomic E-state index is 11.1. The van der Waals surface area contributed by atoms with Crippen molar-refractivity contribution in [2.24, 2.45) is 5.73 Å². The normalized spacial score (nSPS) is 20.5. The van der Waals surface area contributed by atoms with E-state index < -0.39 is 6.17 Å². The van der Waals surface area contributed by atoms with E-state index in [9.17, 15) is 4.79 Å². The lowest BCUT2D eigenvalue weighted by Gasteiger charge is -2.01. The number of carbonyl (C=O) groups is 1. The lowest BCUT2D eigenvalue weighted by molar-refractivity contribution is 0.0953. The van der Waals surface area contributed by atoms with Crippen LogP contribution in [-0.4, -0.2) is 15.9 Å². The molecule has 3 N–H and O–H groups in total. The van der Waals surface area contributed by atoms with Crippen molar-refractivity contribution in [1.29, 1.82) is 0 Å². The number of fused-ring (bicyclic) bond motifs is 1. The van der Waals surface area contributed by atoms with Gasteiger partial charge < -0.3 is 11.1 Å². The Labute approximate surface area is 69.0 Å². The average molecular weight is 164 g/mol. The highest BCUT2D eigenvalue weighted by Crippen LogP contribution is 2.16. The van der Waals surface area contributed by atoms with Gasteiger partial charge in [0, 0.05) is 6.20 Å². The highest BCUT2D eigenvalue weighted by atomic mass is 16.2. The summed E-state index contributed by atoms with van der Waals surface area (Å²) >= 11 is 0. The molecule has 2 rings (SSSR count). The van der Waals surface area contributed by atoms with Crippen molar-refractivity contribution in [3.8, 4) is 0 Å². The van der Waals surface area contributed by atoms with Gasteiger partial charge in [-0.15, -0.1) is 0 Å². The zero-order valence-electron chi connectivity index (χ0n) is 6.53. The molecular formula is C7H8N4O. The number of nitrogens with two attached hydrogens (primary N) is 1. The number of hydrogen-bond acceptors (Lipinski definition) is 4. The molecule has 62 valence electrons. The molecule has 12 heavy (non-hydrogen) atoms. The monoisotopic (exact) mass is 164 g/mol. The van der Waals surface area contributed by atoms with Crippen LogP contribution < -0.4 is 11.1 Å². The van der Waals surface area contributed by atoms with Crippen LogP contribution in [0.1, 0.15) is 28.0 Å². The summed E-state index contributed by atoms with van der Waals surface area (Å²) in [5.74, 6) is -0.245. The van der Waals surface area contributed by atoms with E-state index in [4.69, 9.17) is 5.73 Å². The first kappa shape index (κ1) is 7.17. The first-order valence-electron chi connectivity index (χ1n) is 3.58. The molecule has 1 aromatic rings. The van der Waals surface area contributed by atoms with Crippen LogP contribution in [0.2, 0.25) is 0 Å². The van der Waals surface area contributed by atoms with E-state index in [1.54, 1.807) is 6.20 Å². The molecule has 0 saturated carbocycles. The topological polar surface area (TPSA) is 80.9 Å². The molecule has 0 fully saturated rings. The first-order chi connectivity index (χ1) is 5.68. The minimum atomic E-state index is -0.500. The molecule has 1 unspecified atom stereocenters. The van der Waals surface area contributed by atoms with Crippen molar-refractivity contribution in [1.82, 2.24) is 15.3 Å². The second-order valence-corrected chi connectivity index (χ2v) is 2.70. The minimum absolute atomic E-state index is 0.245. The Bertz CT molecular complexity index is 349. The van der Waals surface area contributed by atoms with Gasteiger partial charge in [0.1, 0.15) is 11.9 Å². The Morgan fingerprint density at radius 1 is 1.67 bits per heavy atom. The molecular weight excluding hydrogens is 156 g/mol. The zero-order valence-corrected chi connectivity index (χ0v) is 6.53. The SMILES string of the molecule is Cc1cnc2c(n1)C(N)NC2=O. The van der Waals surface area contributed by atoms with E-state index in [-0.39, 0.29) is 5.91 Å². The molecule has 5 nitrogen and oxygen atoms in total. The highest BCUT2D eigenvalue weighted by Gasteiger charge is 2.28. The molecule has 0 bridgehead atoms. The van der Waals surface area contributed by atoms with Crippen LogP contribution >= 0.6 is 0 Å². The lowest BCUT2D eigenvalue weighted by Crippen LogP contribution is -2.25. The summed E-state index contributed by atoms with van der Waals surface area (Å²) in [4.78, 5) is 19.1. The molecule has 1 aliphatic rings. The first-order valence-corrected chi connectivity index (χ1v) is 3.58. The summed E-state index contributed by atoms with van der Waals surface area (Å²) in [6.45, 7) is 1.81. The predicted octanol–water partition coefficient (Wildman–Crippen LogP) is -0.514. The summed E-state index contributed by atoms with van der Waals surface area (Å²) in [6.07, 6.45) is 1.05. The van der Waals surface area contributed by atoms with Gasteiger partial charge >= 0.3 is 0 Å². The molecule has 5 heteroatoms. The number of amides is 1. The van der Waals surface area contributed by atoms with Crippen LogP contribution in [0.5, 0.6) is 0 Å². The highest BCUT2D eigenvalue weighted by molar-refractivity contribution is 5.96. The van der Waals surface area contributed by atoms with Crippen molar-refractivity contribution in [3.63, 3.8) is 0 Å². The Morgan fingerprint density at radius 3 is 3.17 bits per heavy atom. The van der Waals surface area contributed by atoms with Crippen molar-refractivity contribution >= 4 is 5.91 Å². The van der Waals surface area contributed by atoms with Gasteiger partial charge in [0.2, 0.25) is 0 Å². The molecule has 0 spiro atoms. The van der Waals surface area contributed by atoms with E-state index in [0.717, 1.165) is 5.69 Å². The maximum atomic E-state index is 11.1. The van der Waals surface area contributed by atoms with Gasteiger partial charge in [-0.1, -0.05) is 0 Å². The fourth-order valence-corrected chi connectivity index (χ4v) is 1.17. The molecule has 1 aromatic heterocycles. The lowest BCUT2D eigenvalue weighted by atomic mass is 10.3. The molecule has 2 heterocycles. The maximum Gasteiger partial charge on any atom is 0.273 e. The van der Waals surface area contributed by atoms with E-state index in [1.165, 1.54) is 0 Å². The molecule has 0 aliphatic carbocycles. The summed E-state index contributed by atoms with van der Waals surface area (Å²) in [7, 11) is 0. The third kappa shape index (κ3) is 0.868. The van der Waals surface area contributed by atoms with Gasteiger partial charge in [-0.3, -0.25) is 9.78 Å². The summed E-state index contributed by atoms with van der Waals surface area (Å²) in [5, 5.41) is 2.52. The Hall–Kier alpha value is -1.49. The fourth-order valence-electron chi connectivity index (χ4n) is 1.17. The molecule has 0 saturated heterocycles. The number of rotatable bonds is 0. The molecule has 1 amide bonds. The van der Waals surface area contributed by atoms with Gasteiger partial charge in [0.25, 0.3) is 5.91 Å². The van der Waals surface area contributed by atoms with Crippen LogP contribution in [0.15, 0.2) is 6.20 Å². The third-order valence-electron chi connectivity index (χ3n) is 1.72. The molecule has 0 aromatic carbocycles. The Balaban J connectivity index is 2.60. The number of aryl methyl sites for hydroxylation is 1. The fraction of sp³-hybridized carbons (Fsp3) is 0.286. The second kappa shape index (κ2) is 2.25. The number of carbonyl (C=O) groups excluding carboxylic acids is 1. The molecule has 0 radical (unpaired) electrons. The van der Waals surface area contributed by atoms with E-state index >= 15 is 0 Å². The predicted molar refractivity (Wildman–Crippen MR) is 41.2 cm³/mol. The Morgan fingerprint density at radius 2 is 2.42 bits per heavy atom. The second-order valence-electron chi connectivity index (χ2n) is 2.70. The number of aromatic nitrogens is 2. The van der Waals surface area contributed by atoms with E-state index in [0.29, 0.717) is 11.4 Å². The minimum Gasteiger partial charge on any atom is -0.330 e. The number of nitrogens with zero attached hydrogens (tertiary/aromatic N) is 2. The zero-order chi connectivity index (χ0) is 8.72. The average Bonchev–Trinajstić information content (AvgIpc) is 2.28. The summed E-state index contributed by atoms with van der Waals surface area (Å²) < 4.78 is 0. The van der Waals surface area contributed by atoms with Crippen LogP contribution in [0, 0.1) is 6.92 Å². The van der Waals surface area contributed by atoms with Crippen molar-refractivity contribution in [3.05, 3.63) is 23.3 Å². The van der Waals surface area contributed by atoms with Gasteiger partial charge in [-0.05, 0) is 6.92 Å². The van der Waals surface area contributed by atoms with Crippen molar-refractivity contribution < 1.29 is 4.79 Å². The number of hydrogen-bond donors (Lipinski definition) is 2. The van der Waals surface area contributed by atoms with Crippen molar-refractivity contribution in [2.45, 2.75) is 13.1 Å². The van der Waals surface area contributed by atoms with Gasteiger partial charge in [0.15, 0.2) is 5.69 Å². The van der Waals surface area contributed by atoms with Crippen molar-refractivity contribution in [2.75, 3.05) is 0 Å². The Kier molecular flexibility index (Phi) is 1.34. The van der Waals surface area contributed by atoms with Gasteiger partial charge in [0.05, 0.1) is 5.69 Å². The van der Waals surface area contributed by atoms with Crippen LogP contribution in [-0.2, 0) is 0 Å². The number of nitrogens with one attached hydrogen (secondary N) is 1. The quantitative estimate of drug-likeness (QED) is 0.541. The summed E-state index contributed by atoms with van der Waals surface area (Å²) in [5.41, 5.74) is 7.22. The summed E-state index contributed by atoms with van der Waals surface area (Å²) in [6, 6.07) is 0. The van der Waals surface area contributed by atoms with E-state index in [1.807, 2.05) is 6.92 Å².